The molecule has 2 aromatic carbocycles. The highest BCUT2D eigenvalue weighted by molar-refractivity contribution is 7.98. The van der Waals surface area contributed by atoms with E-state index in [1.165, 1.54) is 24.2 Å². The molecule has 2 N–H and O–H groups in total. The van der Waals surface area contributed by atoms with Gasteiger partial charge in [-0.1, -0.05) is 29.8 Å². The Kier molecular flexibility index (Phi) is 6.91. The van der Waals surface area contributed by atoms with Gasteiger partial charge in [-0.3, -0.25) is 0 Å². The second-order valence-corrected chi connectivity index (χ2v) is 9.93. The topological polar surface area (TPSA) is 124 Å². The Morgan fingerprint density at radius 2 is 2.00 bits per heavy atom. The number of nitrogens with zero attached hydrogens (tertiary/aromatic N) is 4. The molecule has 3 rings (SSSR count). The van der Waals surface area contributed by atoms with Gasteiger partial charge in [-0.2, -0.15) is 23.9 Å². The van der Waals surface area contributed by atoms with Gasteiger partial charge in [-0.05, 0) is 48.7 Å². The van der Waals surface area contributed by atoms with E-state index in [9.17, 15) is 13.7 Å². The molecule has 1 heterocycles. The smallest absolute Gasteiger partial charge is 0.369 e. The predicted molar refractivity (Wildman–Crippen MR) is 119 cm³/mol. The average Bonchev–Trinajstić information content (AvgIpc) is 3.20. The summed E-state index contributed by atoms with van der Waals surface area (Å²) < 4.78 is 28.5. The molecular formula is C20H20ClN5O3S2. The van der Waals surface area contributed by atoms with Crippen molar-refractivity contribution < 1.29 is 12.6 Å². The van der Waals surface area contributed by atoms with Gasteiger partial charge in [0.2, 0.25) is 0 Å². The van der Waals surface area contributed by atoms with Crippen molar-refractivity contribution in [3.63, 3.8) is 0 Å². The van der Waals surface area contributed by atoms with Crippen molar-refractivity contribution in [3.8, 4) is 11.8 Å². The molecule has 0 fully saturated rings. The fraction of sp³-hybridized carbons (Fsp3) is 0.250. The molecule has 0 aliphatic heterocycles. The SMILES string of the molecule is CC(C)(C#N)c1cc(CSc2ccc(OS(N)(=O)=O)c(Cl)c2)cc(Cn2cncn2)c1. The summed E-state index contributed by atoms with van der Waals surface area (Å²) in [6, 6.07) is 13.2. The molecule has 0 saturated heterocycles. The molecule has 0 spiro atoms. The molecule has 1 aromatic heterocycles. The van der Waals surface area contributed by atoms with E-state index in [-0.39, 0.29) is 10.8 Å². The number of benzene rings is 2. The van der Waals surface area contributed by atoms with Crippen LogP contribution in [-0.4, -0.2) is 23.2 Å². The maximum Gasteiger partial charge on any atom is 0.380 e. The molecular weight excluding hydrogens is 458 g/mol. The molecule has 0 unspecified atom stereocenters. The van der Waals surface area contributed by atoms with Gasteiger partial charge in [0, 0.05) is 10.6 Å². The normalized spacial score (nSPS) is 11.8. The van der Waals surface area contributed by atoms with E-state index >= 15 is 0 Å². The summed E-state index contributed by atoms with van der Waals surface area (Å²) >= 11 is 7.64. The Hall–Kier alpha value is -2.58. The minimum absolute atomic E-state index is 0.0265. The lowest BCUT2D eigenvalue weighted by molar-refractivity contribution is 0.487. The number of halogens is 1. The minimum Gasteiger partial charge on any atom is -0.369 e. The van der Waals surface area contributed by atoms with Crippen molar-refractivity contribution in [2.75, 3.05) is 0 Å². The van der Waals surface area contributed by atoms with Crippen molar-refractivity contribution in [2.24, 2.45) is 5.14 Å². The van der Waals surface area contributed by atoms with E-state index in [1.54, 1.807) is 23.1 Å². The predicted octanol–water partition coefficient (Wildman–Crippen LogP) is 3.66. The van der Waals surface area contributed by atoms with Gasteiger partial charge in [-0.15, -0.1) is 11.8 Å². The number of thioether (sulfide) groups is 1. The summed E-state index contributed by atoms with van der Waals surface area (Å²) in [4.78, 5) is 4.80. The Morgan fingerprint density at radius 3 is 2.61 bits per heavy atom. The second-order valence-electron chi connectivity index (χ2n) is 7.33. The zero-order valence-electron chi connectivity index (χ0n) is 16.8. The summed E-state index contributed by atoms with van der Waals surface area (Å²) in [6.07, 6.45) is 3.12. The number of aromatic nitrogens is 3. The molecule has 31 heavy (non-hydrogen) atoms. The molecule has 0 radical (unpaired) electrons. The van der Waals surface area contributed by atoms with E-state index in [0.717, 1.165) is 21.6 Å². The van der Waals surface area contributed by atoms with Crippen LogP contribution >= 0.6 is 23.4 Å². The third-order valence-corrected chi connectivity index (χ3v) is 6.15. The second kappa shape index (κ2) is 9.28. The molecule has 0 amide bonds. The van der Waals surface area contributed by atoms with Crippen LogP contribution in [0.4, 0.5) is 0 Å². The molecule has 0 aliphatic rings. The third-order valence-electron chi connectivity index (χ3n) is 4.38. The first-order chi connectivity index (χ1) is 14.6. The van der Waals surface area contributed by atoms with E-state index in [4.69, 9.17) is 16.7 Å². The fourth-order valence-corrected chi connectivity index (χ4v) is 4.39. The van der Waals surface area contributed by atoms with Crippen molar-refractivity contribution in [3.05, 3.63) is 70.8 Å². The molecule has 0 bridgehead atoms. The molecule has 11 heteroatoms. The van der Waals surface area contributed by atoms with E-state index in [1.807, 2.05) is 26.0 Å². The molecule has 8 nitrogen and oxygen atoms in total. The van der Waals surface area contributed by atoms with E-state index in [0.29, 0.717) is 12.3 Å². The molecule has 0 atom stereocenters. The maximum absolute atomic E-state index is 11.1. The number of hydrogen-bond acceptors (Lipinski definition) is 7. The Morgan fingerprint density at radius 1 is 1.26 bits per heavy atom. The molecule has 162 valence electrons. The number of hydrogen-bond donors (Lipinski definition) is 1. The summed E-state index contributed by atoms with van der Waals surface area (Å²) in [5.74, 6) is 0.590. The number of nitrogens with two attached hydrogens (primary N) is 1. The lowest BCUT2D eigenvalue weighted by atomic mass is 9.84. The first-order valence-electron chi connectivity index (χ1n) is 9.07. The first-order valence-corrected chi connectivity index (χ1v) is 11.9. The third kappa shape index (κ3) is 6.45. The molecule has 3 aromatic rings. The fourth-order valence-electron chi connectivity index (χ4n) is 2.79. The van der Waals surface area contributed by atoms with Gasteiger partial charge in [0.15, 0.2) is 5.75 Å². The summed E-state index contributed by atoms with van der Waals surface area (Å²) in [6.45, 7) is 4.30. The van der Waals surface area contributed by atoms with Crippen LogP contribution in [0.5, 0.6) is 5.75 Å². The Balaban J connectivity index is 1.82. The average molecular weight is 478 g/mol. The monoisotopic (exact) mass is 477 g/mol. The van der Waals surface area contributed by atoms with Crippen LogP contribution in [0, 0.1) is 11.3 Å². The summed E-state index contributed by atoms with van der Waals surface area (Å²) in [5.41, 5.74) is 2.31. The van der Waals surface area contributed by atoms with Gasteiger partial charge in [0.05, 0.1) is 23.1 Å². The van der Waals surface area contributed by atoms with Gasteiger partial charge >= 0.3 is 10.3 Å². The lowest BCUT2D eigenvalue weighted by Crippen LogP contribution is -2.19. The van der Waals surface area contributed by atoms with Crippen molar-refractivity contribution >= 4 is 33.7 Å². The number of rotatable bonds is 8. The van der Waals surface area contributed by atoms with Crippen molar-refractivity contribution in [2.45, 2.75) is 36.5 Å². The Labute approximate surface area is 190 Å². The van der Waals surface area contributed by atoms with Crippen LogP contribution < -0.4 is 9.32 Å². The van der Waals surface area contributed by atoms with Gasteiger partial charge in [0.1, 0.15) is 12.7 Å². The Bertz CT molecular complexity index is 1220. The maximum atomic E-state index is 11.1. The van der Waals surface area contributed by atoms with Gasteiger partial charge in [-0.25, -0.2) is 9.67 Å². The van der Waals surface area contributed by atoms with E-state index in [2.05, 4.69) is 26.4 Å². The molecule has 0 aliphatic carbocycles. The summed E-state index contributed by atoms with van der Waals surface area (Å²) in [5, 5.41) is 18.7. The zero-order valence-corrected chi connectivity index (χ0v) is 19.2. The van der Waals surface area contributed by atoms with Gasteiger partial charge < -0.3 is 4.18 Å². The van der Waals surface area contributed by atoms with Crippen LogP contribution in [-0.2, 0) is 28.0 Å². The first kappa shape index (κ1) is 23.1. The van der Waals surface area contributed by atoms with Crippen LogP contribution in [0.15, 0.2) is 53.9 Å². The standard InChI is InChI=1S/C20H20ClN5O3S2/c1-20(2,11-22)16-6-14(9-26-13-24-12-25-26)5-15(7-16)10-30-17-3-4-19(18(21)8-17)29-31(23,27)28/h3-8,12-13H,9-10H2,1-2H3,(H2,23,27,28). The van der Waals surface area contributed by atoms with Crippen molar-refractivity contribution in [1.82, 2.24) is 14.8 Å². The van der Waals surface area contributed by atoms with Crippen LogP contribution in [0.25, 0.3) is 0 Å². The van der Waals surface area contributed by atoms with E-state index < -0.39 is 15.7 Å². The summed E-state index contributed by atoms with van der Waals surface area (Å²) in [7, 11) is -4.14. The van der Waals surface area contributed by atoms with Crippen LogP contribution in [0.1, 0.15) is 30.5 Å². The largest absolute Gasteiger partial charge is 0.380 e. The van der Waals surface area contributed by atoms with Crippen molar-refractivity contribution in [1.29, 1.82) is 5.26 Å². The van der Waals surface area contributed by atoms with Crippen LogP contribution in [0.2, 0.25) is 5.02 Å². The highest BCUT2D eigenvalue weighted by Gasteiger charge is 2.21. The zero-order chi connectivity index (χ0) is 22.6. The minimum atomic E-state index is -4.14. The lowest BCUT2D eigenvalue weighted by Gasteiger charge is -2.19. The van der Waals surface area contributed by atoms with Crippen LogP contribution in [0.3, 0.4) is 0 Å². The molecule has 0 saturated carbocycles. The van der Waals surface area contributed by atoms with Gasteiger partial charge in [0.25, 0.3) is 0 Å². The highest BCUT2D eigenvalue weighted by Crippen LogP contribution is 2.33. The number of nitriles is 1. The quantitative estimate of drug-likeness (QED) is 0.491. The highest BCUT2D eigenvalue weighted by atomic mass is 35.5.